The molecule has 2 aliphatic rings. The summed E-state index contributed by atoms with van der Waals surface area (Å²) >= 11 is 0. The van der Waals surface area contributed by atoms with E-state index in [0.717, 1.165) is 29.7 Å². The molecule has 2 aliphatic carbocycles. The molecule has 4 rings (SSSR count). The van der Waals surface area contributed by atoms with Crippen LogP contribution in [0.1, 0.15) is 53.4 Å². The lowest BCUT2D eigenvalue weighted by molar-refractivity contribution is -0.122. The van der Waals surface area contributed by atoms with Crippen LogP contribution < -0.4 is 5.32 Å². The summed E-state index contributed by atoms with van der Waals surface area (Å²) in [7, 11) is 0. The molecule has 1 heterocycles. The van der Waals surface area contributed by atoms with Crippen LogP contribution in [0.25, 0.3) is 0 Å². The zero-order valence-electron chi connectivity index (χ0n) is 13.7. The van der Waals surface area contributed by atoms with Gasteiger partial charge in [-0.05, 0) is 42.4 Å². The molecule has 0 fully saturated rings. The lowest BCUT2D eigenvalue weighted by Crippen LogP contribution is -2.34. The van der Waals surface area contributed by atoms with Crippen LogP contribution in [-0.2, 0) is 30.5 Å². The number of aromatic amines is 1. The highest BCUT2D eigenvalue weighted by Gasteiger charge is 2.31. The number of aryl methyl sites for hydroxylation is 2. The van der Waals surface area contributed by atoms with Gasteiger partial charge in [-0.25, -0.2) is 0 Å². The average molecular weight is 325 g/mol. The van der Waals surface area contributed by atoms with Gasteiger partial charge in [-0.2, -0.15) is 5.10 Å². The molecule has 1 amide bonds. The molecule has 2 aromatic rings. The topological polar surface area (TPSA) is 78.0 Å². The highest BCUT2D eigenvalue weighted by Crippen LogP contribution is 2.31. The number of aliphatic hydroxyl groups excluding tert-OH is 1. The summed E-state index contributed by atoms with van der Waals surface area (Å²) in [5.41, 5.74) is 5.76. The van der Waals surface area contributed by atoms with E-state index in [0.29, 0.717) is 19.3 Å². The summed E-state index contributed by atoms with van der Waals surface area (Å²) in [4.78, 5) is 12.4. The maximum absolute atomic E-state index is 12.4. The third-order valence-electron chi connectivity index (χ3n) is 5.25. The van der Waals surface area contributed by atoms with Crippen LogP contribution in [0.4, 0.5) is 0 Å². The minimum Gasteiger partial charge on any atom is -0.390 e. The Kier molecular flexibility index (Phi) is 4.10. The second kappa shape index (κ2) is 6.40. The van der Waals surface area contributed by atoms with Crippen molar-refractivity contribution in [1.82, 2.24) is 15.5 Å². The summed E-state index contributed by atoms with van der Waals surface area (Å²) in [6.07, 6.45) is 5.69. The van der Waals surface area contributed by atoms with Crippen LogP contribution in [0.15, 0.2) is 24.3 Å². The SMILES string of the molecule is O=C(CCc1n[nH]c2c1CCCC2)N[C@@H]1c2ccccc2C[C@@H]1O. The van der Waals surface area contributed by atoms with Gasteiger partial charge in [-0.1, -0.05) is 24.3 Å². The lowest BCUT2D eigenvalue weighted by Gasteiger charge is -2.18. The highest BCUT2D eigenvalue weighted by molar-refractivity contribution is 5.77. The number of hydrogen-bond donors (Lipinski definition) is 3. The quantitative estimate of drug-likeness (QED) is 0.804. The van der Waals surface area contributed by atoms with Gasteiger partial charge < -0.3 is 10.4 Å². The maximum Gasteiger partial charge on any atom is 0.220 e. The Labute approximate surface area is 141 Å². The van der Waals surface area contributed by atoms with Crippen molar-refractivity contribution in [1.29, 1.82) is 0 Å². The van der Waals surface area contributed by atoms with Crippen molar-refractivity contribution in [3.63, 3.8) is 0 Å². The number of aliphatic hydroxyl groups is 1. The minimum absolute atomic E-state index is 0.0247. The van der Waals surface area contributed by atoms with E-state index >= 15 is 0 Å². The largest absolute Gasteiger partial charge is 0.390 e. The Morgan fingerprint density at radius 1 is 1.29 bits per heavy atom. The van der Waals surface area contributed by atoms with Gasteiger partial charge in [0.25, 0.3) is 0 Å². The van der Waals surface area contributed by atoms with Crippen molar-refractivity contribution < 1.29 is 9.90 Å². The van der Waals surface area contributed by atoms with Gasteiger partial charge in [-0.15, -0.1) is 0 Å². The van der Waals surface area contributed by atoms with E-state index in [1.165, 1.54) is 24.1 Å². The van der Waals surface area contributed by atoms with E-state index in [4.69, 9.17) is 0 Å². The van der Waals surface area contributed by atoms with Crippen molar-refractivity contribution >= 4 is 5.91 Å². The number of benzene rings is 1. The van der Waals surface area contributed by atoms with Crippen LogP contribution in [0, 0.1) is 0 Å². The van der Waals surface area contributed by atoms with Gasteiger partial charge in [0.15, 0.2) is 0 Å². The predicted octanol–water partition coefficient (Wildman–Crippen LogP) is 2.00. The van der Waals surface area contributed by atoms with E-state index in [2.05, 4.69) is 15.5 Å². The van der Waals surface area contributed by atoms with Crippen LogP contribution in [0.5, 0.6) is 0 Å². The number of hydrogen-bond acceptors (Lipinski definition) is 3. The van der Waals surface area contributed by atoms with Crippen LogP contribution in [-0.4, -0.2) is 27.3 Å². The fourth-order valence-corrected chi connectivity index (χ4v) is 3.98. The number of amides is 1. The molecule has 0 saturated carbocycles. The molecule has 0 unspecified atom stereocenters. The van der Waals surface area contributed by atoms with Crippen LogP contribution in [0.2, 0.25) is 0 Å². The van der Waals surface area contributed by atoms with Crippen molar-refractivity contribution in [2.75, 3.05) is 0 Å². The molecular formula is C19H23N3O2. The van der Waals surface area contributed by atoms with Crippen molar-refractivity contribution in [2.45, 2.75) is 57.1 Å². The number of carbonyl (C=O) groups excluding carboxylic acids is 1. The first-order valence-electron chi connectivity index (χ1n) is 8.82. The Morgan fingerprint density at radius 3 is 3.04 bits per heavy atom. The van der Waals surface area contributed by atoms with Crippen LogP contribution >= 0.6 is 0 Å². The molecule has 0 spiro atoms. The molecule has 5 nitrogen and oxygen atoms in total. The molecule has 2 atom stereocenters. The van der Waals surface area contributed by atoms with E-state index < -0.39 is 6.10 Å². The molecular weight excluding hydrogens is 302 g/mol. The predicted molar refractivity (Wildman–Crippen MR) is 90.6 cm³/mol. The second-order valence-electron chi connectivity index (χ2n) is 6.85. The van der Waals surface area contributed by atoms with E-state index in [1.54, 1.807) is 0 Å². The molecule has 1 aromatic heterocycles. The molecule has 0 aliphatic heterocycles. The summed E-state index contributed by atoms with van der Waals surface area (Å²) in [5, 5.41) is 20.8. The van der Waals surface area contributed by atoms with Gasteiger partial charge in [0, 0.05) is 25.0 Å². The monoisotopic (exact) mass is 325 g/mol. The van der Waals surface area contributed by atoms with Gasteiger partial charge >= 0.3 is 0 Å². The smallest absolute Gasteiger partial charge is 0.220 e. The molecule has 0 saturated heterocycles. The van der Waals surface area contributed by atoms with Gasteiger partial charge in [0.2, 0.25) is 5.91 Å². The van der Waals surface area contributed by atoms with E-state index in [1.807, 2.05) is 24.3 Å². The number of H-pyrrole nitrogens is 1. The summed E-state index contributed by atoms with van der Waals surface area (Å²) in [6, 6.07) is 7.63. The molecule has 0 radical (unpaired) electrons. The van der Waals surface area contributed by atoms with Gasteiger partial charge in [0.05, 0.1) is 17.8 Å². The molecule has 0 bridgehead atoms. The Bertz CT molecular complexity index is 753. The van der Waals surface area contributed by atoms with Crippen molar-refractivity contribution in [3.05, 3.63) is 52.3 Å². The molecule has 5 heteroatoms. The first-order chi connectivity index (χ1) is 11.7. The minimum atomic E-state index is -0.538. The van der Waals surface area contributed by atoms with Crippen molar-refractivity contribution in [2.24, 2.45) is 0 Å². The number of nitrogens with zero attached hydrogens (tertiary/aromatic N) is 1. The fraction of sp³-hybridized carbons (Fsp3) is 0.474. The van der Waals surface area contributed by atoms with E-state index in [-0.39, 0.29) is 11.9 Å². The zero-order chi connectivity index (χ0) is 16.5. The van der Waals surface area contributed by atoms with Crippen molar-refractivity contribution in [3.8, 4) is 0 Å². The zero-order valence-corrected chi connectivity index (χ0v) is 13.7. The second-order valence-corrected chi connectivity index (χ2v) is 6.85. The summed E-state index contributed by atoms with van der Waals surface area (Å²) < 4.78 is 0. The Balaban J connectivity index is 1.38. The number of fused-ring (bicyclic) bond motifs is 2. The summed E-state index contributed by atoms with van der Waals surface area (Å²) in [5.74, 6) is -0.0247. The molecule has 24 heavy (non-hydrogen) atoms. The summed E-state index contributed by atoms with van der Waals surface area (Å²) in [6.45, 7) is 0. The third-order valence-corrected chi connectivity index (χ3v) is 5.25. The van der Waals surface area contributed by atoms with E-state index in [9.17, 15) is 9.90 Å². The molecule has 126 valence electrons. The number of aromatic nitrogens is 2. The number of nitrogens with one attached hydrogen (secondary N) is 2. The maximum atomic E-state index is 12.4. The molecule has 1 aromatic carbocycles. The van der Waals surface area contributed by atoms with Gasteiger partial charge in [0.1, 0.15) is 0 Å². The van der Waals surface area contributed by atoms with Gasteiger partial charge in [-0.3, -0.25) is 9.89 Å². The number of rotatable bonds is 4. The normalized spacial score (nSPS) is 22.0. The Morgan fingerprint density at radius 2 is 2.12 bits per heavy atom. The fourth-order valence-electron chi connectivity index (χ4n) is 3.98. The lowest BCUT2D eigenvalue weighted by atomic mass is 9.94. The van der Waals surface area contributed by atoms with Crippen LogP contribution in [0.3, 0.4) is 0 Å². The first kappa shape index (κ1) is 15.4. The molecule has 3 N–H and O–H groups in total. The number of carbonyl (C=O) groups is 1. The highest BCUT2D eigenvalue weighted by atomic mass is 16.3. The third kappa shape index (κ3) is 2.84. The average Bonchev–Trinajstić information content (AvgIpc) is 3.15. The standard InChI is InChI=1S/C19H23N3O2/c23-17-11-12-5-1-2-6-13(12)19(17)20-18(24)10-9-16-14-7-3-4-8-15(14)21-22-16/h1-2,5-6,17,19,23H,3-4,7-11H2,(H,20,24)(H,21,22)/t17-,19+/m0/s1. The Hall–Kier alpha value is -2.14. The first-order valence-corrected chi connectivity index (χ1v) is 8.82.